The highest BCUT2D eigenvalue weighted by atomic mass is 19.1. The minimum atomic E-state index is -0.695. The van der Waals surface area contributed by atoms with Gasteiger partial charge < -0.3 is 10.3 Å². The molecule has 2 rings (SSSR count). The number of halogens is 2. The Labute approximate surface area is 121 Å². The van der Waals surface area contributed by atoms with Crippen molar-refractivity contribution in [3.63, 3.8) is 0 Å². The maximum atomic E-state index is 14.0. The van der Waals surface area contributed by atoms with Crippen molar-refractivity contribution in [1.82, 2.24) is 9.97 Å². The van der Waals surface area contributed by atoms with Crippen molar-refractivity contribution in [2.24, 2.45) is 0 Å². The van der Waals surface area contributed by atoms with Crippen LogP contribution in [0.25, 0.3) is 0 Å². The summed E-state index contributed by atoms with van der Waals surface area (Å²) >= 11 is 0. The van der Waals surface area contributed by atoms with Crippen LogP contribution < -0.4 is 10.9 Å². The summed E-state index contributed by atoms with van der Waals surface area (Å²) in [5, 5.41) is 2.73. The SMILES string of the molecule is Cc1nc(C)c(C(C)Nc2c(F)ccc(C)c2F)c(=O)[nH]1. The van der Waals surface area contributed by atoms with E-state index in [1.54, 1.807) is 27.7 Å². The Balaban J connectivity index is 2.42. The molecule has 2 N–H and O–H groups in total. The summed E-state index contributed by atoms with van der Waals surface area (Å²) in [5.74, 6) is -0.850. The number of anilines is 1. The molecule has 0 fully saturated rings. The van der Waals surface area contributed by atoms with Gasteiger partial charge in [0, 0.05) is 0 Å². The lowest BCUT2D eigenvalue weighted by atomic mass is 10.1. The predicted molar refractivity (Wildman–Crippen MR) is 77.5 cm³/mol. The van der Waals surface area contributed by atoms with E-state index in [1.165, 1.54) is 12.1 Å². The summed E-state index contributed by atoms with van der Waals surface area (Å²) in [6.07, 6.45) is 0. The van der Waals surface area contributed by atoms with Gasteiger partial charge in [0.25, 0.3) is 5.56 Å². The number of benzene rings is 1. The quantitative estimate of drug-likeness (QED) is 0.914. The van der Waals surface area contributed by atoms with E-state index in [0.29, 0.717) is 22.6 Å². The summed E-state index contributed by atoms with van der Waals surface area (Å²) in [6, 6.07) is 1.98. The van der Waals surface area contributed by atoms with Gasteiger partial charge in [0.1, 0.15) is 17.3 Å². The van der Waals surface area contributed by atoms with Gasteiger partial charge in [0.2, 0.25) is 0 Å². The Morgan fingerprint density at radius 3 is 2.52 bits per heavy atom. The highest BCUT2D eigenvalue weighted by molar-refractivity contribution is 5.50. The first-order chi connectivity index (χ1) is 9.81. The molecule has 21 heavy (non-hydrogen) atoms. The van der Waals surface area contributed by atoms with Crippen molar-refractivity contribution < 1.29 is 8.78 Å². The van der Waals surface area contributed by atoms with E-state index in [2.05, 4.69) is 15.3 Å². The highest BCUT2D eigenvalue weighted by Crippen LogP contribution is 2.26. The van der Waals surface area contributed by atoms with E-state index in [9.17, 15) is 13.6 Å². The first-order valence-electron chi connectivity index (χ1n) is 6.59. The topological polar surface area (TPSA) is 57.8 Å². The first kappa shape index (κ1) is 15.2. The Morgan fingerprint density at radius 1 is 1.24 bits per heavy atom. The summed E-state index contributed by atoms with van der Waals surface area (Å²) in [5.41, 5.74) is 0.680. The van der Waals surface area contributed by atoms with E-state index in [4.69, 9.17) is 0 Å². The normalized spacial score (nSPS) is 12.3. The van der Waals surface area contributed by atoms with E-state index in [-0.39, 0.29) is 11.2 Å². The molecule has 0 saturated carbocycles. The molecule has 0 spiro atoms. The zero-order valence-electron chi connectivity index (χ0n) is 12.3. The van der Waals surface area contributed by atoms with Crippen LogP contribution in [0.2, 0.25) is 0 Å². The predicted octanol–water partition coefficient (Wildman–Crippen LogP) is 3.15. The van der Waals surface area contributed by atoms with E-state index >= 15 is 0 Å². The molecule has 1 aromatic carbocycles. The number of H-pyrrole nitrogens is 1. The number of hydrogen-bond acceptors (Lipinski definition) is 3. The molecule has 6 heteroatoms. The number of nitrogens with one attached hydrogen (secondary N) is 2. The van der Waals surface area contributed by atoms with Crippen LogP contribution in [0.3, 0.4) is 0 Å². The number of aryl methyl sites for hydroxylation is 3. The molecular weight excluding hydrogens is 276 g/mol. The molecule has 112 valence electrons. The number of rotatable bonds is 3. The first-order valence-corrected chi connectivity index (χ1v) is 6.59. The Morgan fingerprint density at radius 2 is 1.90 bits per heavy atom. The second-order valence-electron chi connectivity index (χ2n) is 5.07. The number of aromatic nitrogens is 2. The van der Waals surface area contributed by atoms with Crippen LogP contribution in [-0.2, 0) is 0 Å². The van der Waals surface area contributed by atoms with Crippen molar-refractivity contribution >= 4 is 5.69 Å². The van der Waals surface area contributed by atoms with Gasteiger partial charge in [-0.2, -0.15) is 0 Å². The van der Waals surface area contributed by atoms with Gasteiger partial charge in [-0.25, -0.2) is 13.8 Å². The van der Waals surface area contributed by atoms with Crippen molar-refractivity contribution in [3.05, 3.63) is 56.8 Å². The van der Waals surface area contributed by atoms with Crippen LogP contribution in [-0.4, -0.2) is 9.97 Å². The molecule has 0 radical (unpaired) electrons. The van der Waals surface area contributed by atoms with Gasteiger partial charge in [0.05, 0.1) is 17.3 Å². The fourth-order valence-electron chi connectivity index (χ4n) is 2.32. The van der Waals surface area contributed by atoms with E-state index in [0.717, 1.165) is 0 Å². The minimum Gasteiger partial charge on any atom is -0.373 e. The maximum absolute atomic E-state index is 14.0. The number of nitrogens with zero attached hydrogens (tertiary/aromatic N) is 1. The summed E-state index contributed by atoms with van der Waals surface area (Å²) < 4.78 is 27.8. The molecule has 1 aromatic heterocycles. The lowest BCUT2D eigenvalue weighted by Crippen LogP contribution is -2.24. The zero-order valence-corrected chi connectivity index (χ0v) is 12.3. The van der Waals surface area contributed by atoms with Crippen LogP contribution in [0.4, 0.5) is 14.5 Å². The van der Waals surface area contributed by atoms with Gasteiger partial charge in [-0.1, -0.05) is 6.07 Å². The summed E-state index contributed by atoms with van der Waals surface area (Å²) in [6.45, 7) is 6.58. The molecule has 1 unspecified atom stereocenters. The number of hydrogen-bond donors (Lipinski definition) is 2. The van der Waals surface area contributed by atoms with E-state index < -0.39 is 17.7 Å². The molecule has 0 saturated heterocycles. The lowest BCUT2D eigenvalue weighted by Gasteiger charge is -2.18. The highest BCUT2D eigenvalue weighted by Gasteiger charge is 2.19. The summed E-state index contributed by atoms with van der Waals surface area (Å²) in [7, 11) is 0. The van der Waals surface area contributed by atoms with Crippen LogP contribution in [0.5, 0.6) is 0 Å². The molecule has 1 atom stereocenters. The van der Waals surface area contributed by atoms with Crippen LogP contribution in [0, 0.1) is 32.4 Å². The Kier molecular flexibility index (Phi) is 4.06. The third kappa shape index (κ3) is 2.94. The summed E-state index contributed by atoms with van der Waals surface area (Å²) in [4.78, 5) is 18.8. The Hall–Kier alpha value is -2.24. The second kappa shape index (κ2) is 5.63. The van der Waals surface area contributed by atoms with Crippen LogP contribution in [0.15, 0.2) is 16.9 Å². The smallest absolute Gasteiger partial charge is 0.256 e. The molecule has 0 bridgehead atoms. The standard InChI is InChI=1S/C15H17F2N3O/c1-7-5-6-11(16)14(13(7)17)19-9(3)12-8(2)18-10(4)20-15(12)21/h5-6,9,19H,1-4H3,(H,18,20,21). The van der Waals surface area contributed by atoms with Gasteiger partial charge >= 0.3 is 0 Å². The van der Waals surface area contributed by atoms with Crippen molar-refractivity contribution in [2.45, 2.75) is 33.7 Å². The van der Waals surface area contributed by atoms with Crippen LogP contribution in [0.1, 0.15) is 35.6 Å². The largest absolute Gasteiger partial charge is 0.373 e. The van der Waals surface area contributed by atoms with E-state index in [1.807, 2.05) is 0 Å². The molecule has 0 aliphatic heterocycles. The Bertz CT molecular complexity index is 740. The van der Waals surface area contributed by atoms with Crippen molar-refractivity contribution in [1.29, 1.82) is 0 Å². The molecule has 4 nitrogen and oxygen atoms in total. The lowest BCUT2D eigenvalue weighted by molar-refractivity contribution is 0.578. The number of aromatic amines is 1. The third-order valence-corrected chi connectivity index (χ3v) is 3.34. The van der Waals surface area contributed by atoms with Crippen molar-refractivity contribution in [2.75, 3.05) is 5.32 Å². The van der Waals surface area contributed by atoms with Gasteiger partial charge in [0.15, 0.2) is 5.82 Å². The van der Waals surface area contributed by atoms with Gasteiger partial charge in [-0.15, -0.1) is 0 Å². The third-order valence-electron chi connectivity index (χ3n) is 3.34. The molecule has 0 amide bonds. The van der Waals surface area contributed by atoms with Crippen LogP contribution >= 0.6 is 0 Å². The molecule has 0 aliphatic rings. The molecular formula is C15H17F2N3O. The fourth-order valence-corrected chi connectivity index (χ4v) is 2.32. The van der Waals surface area contributed by atoms with Crippen molar-refractivity contribution in [3.8, 4) is 0 Å². The van der Waals surface area contributed by atoms with Gasteiger partial charge in [-0.3, -0.25) is 4.79 Å². The molecule has 1 heterocycles. The molecule has 2 aromatic rings. The fraction of sp³-hybridized carbons (Fsp3) is 0.333. The molecule has 0 aliphatic carbocycles. The maximum Gasteiger partial charge on any atom is 0.256 e. The second-order valence-corrected chi connectivity index (χ2v) is 5.07. The monoisotopic (exact) mass is 293 g/mol. The average Bonchev–Trinajstić information content (AvgIpc) is 2.38. The average molecular weight is 293 g/mol. The van der Waals surface area contributed by atoms with Gasteiger partial charge in [-0.05, 0) is 39.3 Å². The minimum absolute atomic E-state index is 0.234. The zero-order chi connectivity index (χ0) is 15.7.